The molecule has 0 unspecified atom stereocenters. The summed E-state index contributed by atoms with van der Waals surface area (Å²) in [5.74, 6) is -0.603. The quantitative estimate of drug-likeness (QED) is 0.571. The molecule has 3 aliphatic rings. The third-order valence-electron chi connectivity index (χ3n) is 7.59. The predicted octanol–water partition coefficient (Wildman–Crippen LogP) is 2.59. The third kappa shape index (κ3) is 3.90. The smallest absolute Gasteiger partial charge is 0.313 e. The number of carbonyl (C=O) groups is 3. The highest BCUT2D eigenvalue weighted by atomic mass is 32.2. The van der Waals surface area contributed by atoms with Crippen molar-refractivity contribution in [3.63, 3.8) is 0 Å². The van der Waals surface area contributed by atoms with Crippen LogP contribution in [-0.2, 0) is 26.0 Å². The monoisotopic (exact) mass is 490 g/mol. The van der Waals surface area contributed by atoms with Crippen molar-refractivity contribution in [2.75, 3.05) is 38.1 Å². The summed E-state index contributed by atoms with van der Waals surface area (Å²) in [6.45, 7) is 4.53. The Hall–Kier alpha value is -2.46. The molecule has 1 spiro atoms. The molecule has 0 atom stereocenters. The van der Waals surface area contributed by atoms with Crippen LogP contribution >= 0.6 is 0 Å². The van der Waals surface area contributed by atoms with Crippen molar-refractivity contribution in [3.8, 4) is 0 Å². The highest BCUT2D eigenvalue weighted by molar-refractivity contribution is 7.89. The second kappa shape index (κ2) is 9.30. The Bertz CT molecular complexity index is 1090. The maximum Gasteiger partial charge on any atom is 0.327 e. The summed E-state index contributed by atoms with van der Waals surface area (Å²) in [4.78, 5) is 43.9. The Morgan fingerprint density at radius 3 is 2.38 bits per heavy atom. The number of sulfonamides is 1. The van der Waals surface area contributed by atoms with Crippen molar-refractivity contribution < 1.29 is 22.8 Å². The number of anilines is 1. The number of likely N-dealkylation sites (N-methyl/N-ethyl adjacent to an activating group) is 1. The van der Waals surface area contributed by atoms with Crippen LogP contribution in [-0.4, -0.2) is 79.1 Å². The number of urea groups is 1. The molecule has 4 rings (SSSR count). The molecule has 1 saturated carbocycles. The maximum atomic E-state index is 13.3. The van der Waals surface area contributed by atoms with E-state index < -0.39 is 21.6 Å². The molecule has 1 aliphatic carbocycles. The van der Waals surface area contributed by atoms with E-state index in [1.165, 1.54) is 15.3 Å². The number of aryl methyl sites for hydroxylation is 1. The SMILES string of the molecule is CCN(CC)S(=O)(=O)c1ccc2c(c1)CCCN2C(=O)CN1C(=O)N(C)C2(CCCCC2)C1=O. The normalized spacial score (nSPS) is 20.4. The van der Waals surface area contributed by atoms with E-state index in [1.807, 2.05) is 0 Å². The van der Waals surface area contributed by atoms with Gasteiger partial charge >= 0.3 is 6.03 Å². The Labute approximate surface area is 201 Å². The van der Waals surface area contributed by atoms with Gasteiger partial charge in [-0.05, 0) is 49.4 Å². The molecule has 1 aromatic carbocycles. The fraction of sp³-hybridized carbons (Fsp3) is 0.625. The van der Waals surface area contributed by atoms with Gasteiger partial charge in [0.05, 0.1) is 4.90 Å². The molecule has 9 nitrogen and oxygen atoms in total. The molecule has 10 heteroatoms. The minimum absolute atomic E-state index is 0.218. The zero-order valence-corrected chi connectivity index (χ0v) is 21.1. The van der Waals surface area contributed by atoms with E-state index in [4.69, 9.17) is 0 Å². The van der Waals surface area contributed by atoms with Gasteiger partial charge in [0.25, 0.3) is 5.91 Å². The Kier molecular flexibility index (Phi) is 6.74. The third-order valence-corrected chi connectivity index (χ3v) is 9.64. The average molecular weight is 491 g/mol. The van der Waals surface area contributed by atoms with Gasteiger partial charge < -0.3 is 9.80 Å². The molecule has 0 aromatic heterocycles. The van der Waals surface area contributed by atoms with Crippen molar-refractivity contribution in [2.45, 2.75) is 69.2 Å². The lowest BCUT2D eigenvalue weighted by Gasteiger charge is -2.36. The number of fused-ring (bicyclic) bond motifs is 1. The standard InChI is InChI=1S/C24H34N4O5S/c1-4-26(5-2)34(32,33)19-11-12-20-18(16-19)10-9-15-27(20)21(29)17-28-22(30)24(25(3)23(28)31)13-7-6-8-14-24/h11-12,16H,4-10,13-15,17H2,1-3H3. The summed E-state index contributed by atoms with van der Waals surface area (Å²) in [7, 11) is -1.94. The molecule has 0 N–H and O–H groups in total. The van der Waals surface area contributed by atoms with Crippen LogP contribution < -0.4 is 4.90 Å². The van der Waals surface area contributed by atoms with Gasteiger partial charge in [-0.1, -0.05) is 33.1 Å². The fourth-order valence-corrected chi connectivity index (χ4v) is 7.11. The molecule has 2 aliphatic heterocycles. The van der Waals surface area contributed by atoms with E-state index in [0.717, 1.165) is 29.7 Å². The van der Waals surface area contributed by atoms with Crippen LogP contribution in [0.4, 0.5) is 10.5 Å². The zero-order chi connectivity index (χ0) is 24.7. The van der Waals surface area contributed by atoms with Crippen molar-refractivity contribution in [2.24, 2.45) is 0 Å². The highest BCUT2D eigenvalue weighted by Gasteiger charge is 2.56. The van der Waals surface area contributed by atoms with Crippen LogP contribution in [0.1, 0.15) is 57.9 Å². The lowest BCUT2D eigenvalue weighted by atomic mass is 9.81. The molecule has 4 amide bonds. The number of hydrogen-bond donors (Lipinski definition) is 0. The van der Waals surface area contributed by atoms with E-state index in [9.17, 15) is 22.8 Å². The van der Waals surface area contributed by atoms with Gasteiger partial charge in [0, 0.05) is 32.4 Å². The average Bonchev–Trinajstić information content (AvgIpc) is 3.00. The molecule has 186 valence electrons. The van der Waals surface area contributed by atoms with Crippen LogP contribution in [0.15, 0.2) is 23.1 Å². The van der Waals surface area contributed by atoms with Crippen molar-refractivity contribution in [3.05, 3.63) is 23.8 Å². The number of benzene rings is 1. The maximum absolute atomic E-state index is 13.3. The molecule has 2 heterocycles. The number of amides is 4. The summed E-state index contributed by atoms with van der Waals surface area (Å²) in [6, 6.07) is 4.44. The summed E-state index contributed by atoms with van der Waals surface area (Å²) < 4.78 is 27.3. The number of rotatable bonds is 6. The Morgan fingerprint density at radius 2 is 1.74 bits per heavy atom. The van der Waals surface area contributed by atoms with Crippen molar-refractivity contribution in [1.82, 2.24) is 14.1 Å². The first-order chi connectivity index (χ1) is 16.2. The van der Waals surface area contributed by atoms with Gasteiger partial charge in [0.2, 0.25) is 15.9 Å². The minimum Gasteiger partial charge on any atom is -0.313 e. The van der Waals surface area contributed by atoms with E-state index in [2.05, 4.69) is 0 Å². The van der Waals surface area contributed by atoms with Crippen molar-refractivity contribution in [1.29, 1.82) is 0 Å². The number of imide groups is 1. The molecule has 1 saturated heterocycles. The summed E-state index contributed by atoms with van der Waals surface area (Å²) in [6.07, 6.45) is 5.44. The first-order valence-electron chi connectivity index (χ1n) is 12.2. The van der Waals surface area contributed by atoms with Crippen LogP contribution in [0.2, 0.25) is 0 Å². The number of carbonyl (C=O) groups excluding carboxylic acids is 3. The second-order valence-electron chi connectivity index (χ2n) is 9.35. The van der Waals surface area contributed by atoms with Crippen molar-refractivity contribution >= 4 is 33.6 Å². The van der Waals surface area contributed by atoms with E-state index in [0.29, 0.717) is 51.0 Å². The molecule has 34 heavy (non-hydrogen) atoms. The molecular weight excluding hydrogens is 456 g/mol. The van der Waals surface area contributed by atoms with E-state index in [1.54, 1.807) is 37.9 Å². The van der Waals surface area contributed by atoms with Gasteiger partial charge in [-0.15, -0.1) is 0 Å². The highest BCUT2D eigenvalue weighted by Crippen LogP contribution is 2.39. The van der Waals surface area contributed by atoms with Gasteiger partial charge in [0.1, 0.15) is 12.1 Å². The Balaban J connectivity index is 1.56. The van der Waals surface area contributed by atoms with Gasteiger partial charge in [-0.2, -0.15) is 4.31 Å². The van der Waals surface area contributed by atoms with Crippen LogP contribution in [0.25, 0.3) is 0 Å². The zero-order valence-electron chi connectivity index (χ0n) is 20.2. The topological polar surface area (TPSA) is 98.3 Å². The number of hydrogen-bond acceptors (Lipinski definition) is 5. The summed E-state index contributed by atoms with van der Waals surface area (Å²) in [5.41, 5.74) is 0.616. The van der Waals surface area contributed by atoms with Crippen LogP contribution in [0.3, 0.4) is 0 Å². The predicted molar refractivity (Wildman–Crippen MR) is 128 cm³/mol. The largest absolute Gasteiger partial charge is 0.327 e. The lowest BCUT2D eigenvalue weighted by molar-refractivity contribution is -0.136. The second-order valence-corrected chi connectivity index (χ2v) is 11.3. The minimum atomic E-state index is -3.60. The first kappa shape index (κ1) is 24.7. The fourth-order valence-electron chi connectivity index (χ4n) is 5.60. The molecular formula is C24H34N4O5S. The van der Waals surface area contributed by atoms with Crippen LogP contribution in [0.5, 0.6) is 0 Å². The van der Waals surface area contributed by atoms with Crippen LogP contribution in [0, 0.1) is 0 Å². The van der Waals surface area contributed by atoms with Gasteiger partial charge in [-0.3, -0.25) is 14.5 Å². The summed E-state index contributed by atoms with van der Waals surface area (Å²) in [5, 5.41) is 0. The molecule has 0 bridgehead atoms. The van der Waals surface area contributed by atoms with E-state index >= 15 is 0 Å². The molecule has 0 radical (unpaired) electrons. The Morgan fingerprint density at radius 1 is 1.06 bits per heavy atom. The number of nitrogens with zero attached hydrogens (tertiary/aromatic N) is 4. The van der Waals surface area contributed by atoms with Gasteiger partial charge in [-0.25, -0.2) is 13.2 Å². The molecule has 1 aromatic rings. The molecule has 2 fully saturated rings. The van der Waals surface area contributed by atoms with E-state index in [-0.39, 0.29) is 23.3 Å². The summed E-state index contributed by atoms with van der Waals surface area (Å²) >= 11 is 0. The first-order valence-corrected chi connectivity index (χ1v) is 13.6. The van der Waals surface area contributed by atoms with Gasteiger partial charge in [0.15, 0.2) is 0 Å². The lowest BCUT2D eigenvalue weighted by Crippen LogP contribution is -2.50.